The van der Waals surface area contributed by atoms with Crippen molar-refractivity contribution in [1.82, 2.24) is 4.98 Å². The number of carbonyl (C=O) groups is 1. The lowest BCUT2D eigenvalue weighted by Gasteiger charge is -1.98. The molecule has 2 heterocycles. The number of rotatable bonds is 2. The average molecular weight is 453 g/mol. The van der Waals surface area contributed by atoms with Gasteiger partial charge >= 0.3 is 0 Å². The molecule has 0 saturated heterocycles. The van der Waals surface area contributed by atoms with Gasteiger partial charge in [-0.25, -0.2) is 4.98 Å². The highest BCUT2D eigenvalue weighted by atomic mass is 79.9. The highest BCUT2D eigenvalue weighted by molar-refractivity contribution is 9.12. The van der Waals surface area contributed by atoms with E-state index in [4.69, 9.17) is 11.6 Å². The van der Waals surface area contributed by atoms with Gasteiger partial charge in [-0.3, -0.25) is 10.1 Å². The third-order valence-corrected chi connectivity index (χ3v) is 5.98. The van der Waals surface area contributed by atoms with Crippen molar-refractivity contribution < 1.29 is 4.79 Å². The van der Waals surface area contributed by atoms with Crippen molar-refractivity contribution in [2.75, 3.05) is 5.32 Å². The van der Waals surface area contributed by atoms with Crippen molar-refractivity contribution in [3.8, 4) is 0 Å². The van der Waals surface area contributed by atoms with E-state index in [1.54, 1.807) is 12.1 Å². The second-order valence-electron chi connectivity index (χ2n) is 3.82. The molecular weight excluding hydrogens is 448 g/mol. The van der Waals surface area contributed by atoms with Crippen LogP contribution in [0.15, 0.2) is 31.8 Å². The van der Waals surface area contributed by atoms with Gasteiger partial charge in [0.15, 0.2) is 5.13 Å². The zero-order valence-corrected chi connectivity index (χ0v) is 15.2. The van der Waals surface area contributed by atoms with Gasteiger partial charge in [0.25, 0.3) is 5.91 Å². The molecule has 3 nitrogen and oxygen atoms in total. The van der Waals surface area contributed by atoms with E-state index < -0.39 is 0 Å². The highest BCUT2D eigenvalue weighted by Gasteiger charge is 2.15. The third-order valence-electron chi connectivity index (χ3n) is 2.47. The van der Waals surface area contributed by atoms with Crippen LogP contribution in [0.1, 0.15) is 10.4 Å². The Labute approximate surface area is 144 Å². The summed E-state index contributed by atoms with van der Waals surface area (Å²) >= 11 is 15.5. The topological polar surface area (TPSA) is 42.0 Å². The number of halogens is 3. The van der Waals surface area contributed by atoms with E-state index in [1.165, 1.54) is 22.7 Å². The van der Waals surface area contributed by atoms with Gasteiger partial charge in [0.05, 0.1) is 23.4 Å². The molecular formula is C12H5Br2ClN2OS2. The molecule has 0 aliphatic heterocycles. The second kappa shape index (κ2) is 5.73. The number of benzene rings is 1. The lowest BCUT2D eigenvalue weighted by atomic mass is 10.3. The minimum Gasteiger partial charge on any atom is -0.298 e. The normalized spacial score (nSPS) is 10.9. The van der Waals surface area contributed by atoms with Crippen molar-refractivity contribution in [2.45, 2.75) is 0 Å². The van der Waals surface area contributed by atoms with Gasteiger partial charge in [-0.1, -0.05) is 22.9 Å². The Morgan fingerprint density at radius 1 is 1.25 bits per heavy atom. The van der Waals surface area contributed by atoms with E-state index in [2.05, 4.69) is 42.2 Å². The first-order valence-corrected chi connectivity index (χ1v) is 8.95. The van der Waals surface area contributed by atoms with Gasteiger partial charge < -0.3 is 0 Å². The van der Waals surface area contributed by atoms with Crippen LogP contribution in [0.2, 0.25) is 5.02 Å². The summed E-state index contributed by atoms with van der Waals surface area (Å²) in [6.45, 7) is 0. The summed E-state index contributed by atoms with van der Waals surface area (Å²) in [4.78, 5) is 16.5. The standard InChI is InChI=1S/C12H5Br2ClN2OS2/c13-9-4-6(10(14)20-9)11(18)17-12-16-7-2-1-5(15)3-8(7)19-12/h1-4H,(H,16,17,18). The van der Waals surface area contributed by atoms with Crippen LogP contribution in [0.25, 0.3) is 10.2 Å². The highest BCUT2D eigenvalue weighted by Crippen LogP contribution is 2.33. The largest absolute Gasteiger partial charge is 0.298 e. The number of amides is 1. The van der Waals surface area contributed by atoms with Gasteiger partial charge in [-0.2, -0.15) is 0 Å². The van der Waals surface area contributed by atoms with Gasteiger partial charge in [-0.05, 0) is 56.1 Å². The predicted molar refractivity (Wildman–Crippen MR) is 92.3 cm³/mol. The van der Waals surface area contributed by atoms with Crippen molar-refractivity contribution in [1.29, 1.82) is 0 Å². The van der Waals surface area contributed by atoms with Crippen LogP contribution in [0.5, 0.6) is 0 Å². The molecule has 0 saturated carbocycles. The summed E-state index contributed by atoms with van der Waals surface area (Å²) in [7, 11) is 0. The Hall–Kier alpha value is -0.470. The van der Waals surface area contributed by atoms with Crippen LogP contribution in [0.4, 0.5) is 5.13 Å². The first-order chi connectivity index (χ1) is 9.52. The van der Waals surface area contributed by atoms with Crippen LogP contribution in [-0.2, 0) is 0 Å². The van der Waals surface area contributed by atoms with E-state index in [1.807, 2.05) is 12.1 Å². The summed E-state index contributed by atoms with van der Waals surface area (Å²) < 4.78 is 2.62. The monoisotopic (exact) mass is 450 g/mol. The number of thiazole rings is 1. The van der Waals surface area contributed by atoms with E-state index in [0.717, 1.165) is 17.8 Å². The number of nitrogens with one attached hydrogen (secondary N) is 1. The van der Waals surface area contributed by atoms with E-state index in [-0.39, 0.29) is 5.91 Å². The third kappa shape index (κ3) is 2.92. The van der Waals surface area contributed by atoms with Crippen LogP contribution >= 0.6 is 66.1 Å². The Balaban J connectivity index is 1.89. The number of thiophene rings is 1. The van der Waals surface area contributed by atoms with E-state index >= 15 is 0 Å². The summed E-state index contributed by atoms with van der Waals surface area (Å²) in [6, 6.07) is 7.22. The summed E-state index contributed by atoms with van der Waals surface area (Å²) in [5.74, 6) is -0.191. The maximum Gasteiger partial charge on any atom is 0.259 e. The molecule has 0 radical (unpaired) electrons. The van der Waals surface area contributed by atoms with Gasteiger partial charge in [0.1, 0.15) is 0 Å². The van der Waals surface area contributed by atoms with Crippen molar-refractivity contribution in [2.24, 2.45) is 0 Å². The Morgan fingerprint density at radius 2 is 2.05 bits per heavy atom. The van der Waals surface area contributed by atoms with E-state index in [9.17, 15) is 4.79 Å². The van der Waals surface area contributed by atoms with Crippen LogP contribution in [0, 0.1) is 0 Å². The van der Waals surface area contributed by atoms with Crippen LogP contribution in [-0.4, -0.2) is 10.9 Å². The number of carbonyl (C=O) groups excluding carboxylic acids is 1. The molecule has 3 rings (SSSR count). The zero-order valence-electron chi connectivity index (χ0n) is 9.62. The molecule has 1 N–H and O–H groups in total. The minimum atomic E-state index is -0.191. The fourth-order valence-corrected chi connectivity index (χ4v) is 5.54. The molecule has 1 amide bonds. The molecule has 0 unspecified atom stereocenters. The van der Waals surface area contributed by atoms with Crippen molar-refractivity contribution in [3.63, 3.8) is 0 Å². The molecule has 3 aromatic rings. The quantitative estimate of drug-likeness (QED) is 0.535. The first-order valence-electron chi connectivity index (χ1n) is 5.35. The number of aromatic nitrogens is 1. The summed E-state index contributed by atoms with van der Waals surface area (Å²) in [5, 5.41) is 4.02. The fraction of sp³-hybridized carbons (Fsp3) is 0. The number of fused-ring (bicyclic) bond motifs is 1. The lowest BCUT2D eigenvalue weighted by molar-refractivity contribution is 0.102. The minimum absolute atomic E-state index is 0.191. The molecule has 20 heavy (non-hydrogen) atoms. The van der Waals surface area contributed by atoms with Crippen molar-refractivity contribution >= 4 is 87.4 Å². The Morgan fingerprint density at radius 3 is 2.75 bits per heavy atom. The molecule has 1 aromatic carbocycles. The Kier molecular flexibility index (Phi) is 4.14. The number of nitrogens with zero attached hydrogens (tertiary/aromatic N) is 1. The summed E-state index contributed by atoms with van der Waals surface area (Å²) in [5.41, 5.74) is 1.40. The molecule has 0 bridgehead atoms. The number of hydrogen-bond acceptors (Lipinski definition) is 4. The van der Waals surface area contributed by atoms with Crippen molar-refractivity contribution in [3.05, 3.63) is 42.4 Å². The number of hydrogen-bond donors (Lipinski definition) is 1. The fourth-order valence-electron chi connectivity index (χ4n) is 1.61. The molecule has 0 atom stereocenters. The molecule has 2 aromatic heterocycles. The maximum absolute atomic E-state index is 12.2. The van der Waals surface area contributed by atoms with Gasteiger partial charge in [0.2, 0.25) is 0 Å². The van der Waals surface area contributed by atoms with Gasteiger partial charge in [-0.15, -0.1) is 11.3 Å². The second-order valence-corrected chi connectivity index (χ2v) is 9.04. The maximum atomic E-state index is 12.2. The van der Waals surface area contributed by atoms with Gasteiger partial charge in [0, 0.05) is 5.02 Å². The van der Waals surface area contributed by atoms with Crippen LogP contribution in [0.3, 0.4) is 0 Å². The summed E-state index contributed by atoms with van der Waals surface area (Å²) in [6.07, 6.45) is 0. The first kappa shape index (κ1) is 14.5. The number of anilines is 1. The molecule has 102 valence electrons. The average Bonchev–Trinajstić information content (AvgIpc) is 2.91. The Bertz CT molecular complexity index is 815. The molecule has 0 aliphatic rings. The molecule has 0 spiro atoms. The zero-order chi connectivity index (χ0) is 14.3. The predicted octanol–water partition coefficient (Wildman–Crippen LogP) is 5.79. The SMILES string of the molecule is O=C(Nc1nc2ccc(Cl)cc2s1)c1cc(Br)sc1Br. The lowest BCUT2D eigenvalue weighted by Crippen LogP contribution is -2.10. The van der Waals surface area contributed by atoms with Crippen LogP contribution < -0.4 is 5.32 Å². The molecule has 8 heteroatoms. The van der Waals surface area contributed by atoms with E-state index in [0.29, 0.717) is 15.7 Å². The molecule has 0 aliphatic carbocycles. The molecule has 0 fully saturated rings. The smallest absolute Gasteiger partial charge is 0.259 e.